The third kappa shape index (κ3) is 3.13. The lowest BCUT2D eigenvalue weighted by Gasteiger charge is -2.02. The number of furan rings is 1. The van der Waals surface area contributed by atoms with Gasteiger partial charge in [0.1, 0.15) is 5.58 Å². The van der Waals surface area contributed by atoms with Gasteiger partial charge in [0, 0.05) is 34.7 Å². The maximum absolute atomic E-state index is 12.1. The van der Waals surface area contributed by atoms with Crippen molar-refractivity contribution in [1.82, 2.24) is 10.3 Å². The number of hydrogen-bond donors (Lipinski definition) is 1. The highest BCUT2D eigenvalue weighted by Crippen LogP contribution is 2.26. The second-order valence-corrected chi connectivity index (χ2v) is 5.44. The summed E-state index contributed by atoms with van der Waals surface area (Å²) in [4.78, 5) is 16.3. The summed E-state index contributed by atoms with van der Waals surface area (Å²) < 4.78 is 6.47. The molecule has 5 heteroatoms. The van der Waals surface area contributed by atoms with Gasteiger partial charge in [-0.25, -0.2) is 0 Å². The predicted molar refractivity (Wildman–Crippen MR) is 84.2 cm³/mol. The number of benzene rings is 1. The monoisotopic (exact) mass is 344 g/mol. The molecule has 1 amide bonds. The fraction of sp³-hybridized carbons (Fsp3) is 0.125. The van der Waals surface area contributed by atoms with Crippen molar-refractivity contribution in [2.45, 2.75) is 6.42 Å². The molecule has 0 bridgehead atoms. The molecule has 0 spiro atoms. The van der Waals surface area contributed by atoms with Gasteiger partial charge in [0.05, 0.1) is 0 Å². The highest BCUT2D eigenvalue weighted by atomic mass is 79.9. The van der Waals surface area contributed by atoms with Crippen molar-refractivity contribution in [3.8, 4) is 0 Å². The van der Waals surface area contributed by atoms with Crippen LogP contribution in [-0.2, 0) is 6.42 Å². The number of nitrogens with zero attached hydrogens (tertiary/aromatic N) is 1. The first-order valence-electron chi connectivity index (χ1n) is 6.60. The molecule has 2 heterocycles. The smallest absolute Gasteiger partial charge is 0.287 e. The Kier molecular flexibility index (Phi) is 4.01. The molecule has 1 N–H and O–H groups in total. The summed E-state index contributed by atoms with van der Waals surface area (Å²) >= 11 is 3.44. The Morgan fingerprint density at radius 3 is 2.90 bits per heavy atom. The molecule has 0 saturated heterocycles. The van der Waals surface area contributed by atoms with Crippen LogP contribution in [0.4, 0.5) is 0 Å². The van der Waals surface area contributed by atoms with E-state index in [1.54, 1.807) is 12.3 Å². The van der Waals surface area contributed by atoms with Crippen molar-refractivity contribution in [2.75, 3.05) is 6.54 Å². The van der Waals surface area contributed by atoms with E-state index in [1.807, 2.05) is 36.4 Å². The average Bonchev–Trinajstić information content (AvgIpc) is 2.94. The highest BCUT2D eigenvalue weighted by molar-refractivity contribution is 9.10. The normalized spacial score (nSPS) is 10.7. The van der Waals surface area contributed by atoms with Crippen molar-refractivity contribution in [3.05, 3.63) is 64.6 Å². The first kappa shape index (κ1) is 13.8. The van der Waals surface area contributed by atoms with Crippen LogP contribution in [0, 0.1) is 0 Å². The minimum absolute atomic E-state index is 0.214. The van der Waals surface area contributed by atoms with E-state index in [-0.39, 0.29) is 5.91 Å². The number of fused-ring (bicyclic) bond motifs is 1. The number of halogens is 1. The molecule has 0 aliphatic heterocycles. The molecular formula is C16H13BrN2O2. The van der Waals surface area contributed by atoms with Gasteiger partial charge >= 0.3 is 0 Å². The lowest BCUT2D eigenvalue weighted by Crippen LogP contribution is -2.25. The number of pyridine rings is 1. The van der Waals surface area contributed by atoms with E-state index >= 15 is 0 Å². The lowest BCUT2D eigenvalue weighted by atomic mass is 10.2. The minimum Gasteiger partial charge on any atom is -0.451 e. The van der Waals surface area contributed by atoms with Gasteiger partial charge in [-0.2, -0.15) is 0 Å². The molecule has 0 unspecified atom stereocenters. The average molecular weight is 345 g/mol. The molecule has 0 radical (unpaired) electrons. The van der Waals surface area contributed by atoms with Gasteiger partial charge in [-0.05, 0) is 30.3 Å². The number of rotatable bonds is 4. The zero-order valence-electron chi connectivity index (χ0n) is 11.2. The van der Waals surface area contributed by atoms with Crippen LogP contribution in [0.2, 0.25) is 0 Å². The summed E-state index contributed by atoms with van der Waals surface area (Å²) in [7, 11) is 0. The molecule has 3 aromatic rings. The van der Waals surface area contributed by atoms with Crippen molar-refractivity contribution in [2.24, 2.45) is 0 Å². The van der Waals surface area contributed by atoms with Gasteiger partial charge in [-0.3, -0.25) is 9.78 Å². The fourth-order valence-electron chi connectivity index (χ4n) is 2.07. The number of carbonyl (C=O) groups excluding carboxylic acids is 1. The molecule has 106 valence electrons. The maximum Gasteiger partial charge on any atom is 0.287 e. The first-order chi connectivity index (χ1) is 10.2. The topological polar surface area (TPSA) is 55.1 Å². The van der Waals surface area contributed by atoms with Gasteiger partial charge in [-0.1, -0.05) is 28.1 Å². The Morgan fingerprint density at radius 1 is 1.24 bits per heavy atom. The molecule has 0 saturated carbocycles. The van der Waals surface area contributed by atoms with Crippen LogP contribution >= 0.6 is 15.9 Å². The fourth-order valence-corrected chi connectivity index (χ4v) is 2.54. The van der Waals surface area contributed by atoms with Gasteiger partial charge in [0.15, 0.2) is 5.76 Å². The van der Waals surface area contributed by atoms with Gasteiger partial charge in [0.25, 0.3) is 5.91 Å². The van der Waals surface area contributed by atoms with Crippen molar-refractivity contribution < 1.29 is 9.21 Å². The lowest BCUT2D eigenvalue weighted by molar-refractivity contribution is 0.0928. The summed E-state index contributed by atoms with van der Waals surface area (Å²) in [6.45, 7) is 0.522. The highest BCUT2D eigenvalue weighted by Gasteiger charge is 2.13. The van der Waals surface area contributed by atoms with Crippen LogP contribution in [0.25, 0.3) is 11.0 Å². The van der Waals surface area contributed by atoms with Crippen LogP contribution < -0.4 is 5.32 Å². The largest absolute Gasteiger partial charge is 0.451 e. The van der Waals surface area contributed by atoms with E-state index in [9.17, 15) is 4.79 Å². The van der Waals surface area contributed by atoms with E-state index in [2.05, 4.69) is 26.2 Å². The molecule has 21 heavy (non-hydrogen) atoms. The summed E-state index contributed by atoms with van der Waals surface area (Å²) in [6.07, 6.45) is 2.43. The van der Waals surface area contributed by atoms with Crippen molar-refractivity contribution in [3.63, 3.8) is 0 Å². The Bertz CT molecular complexity index is 768. The van der Waals surface area contributed by atoms with Crippen molar-refractivity contribution >= 4 is 32.8 Å². The van der Waals surface area contributed by atoms with E-state index in [0.29, 0.717) is 24.3 Å². The summed E-state index contributed by atoms with van der Waals surface area (Å²) in [5.41, 5.74) is 1.64. The molecule has 0 fully saturated rings. The van der Waals surface area contributed by atoms with Crippen LogP contribution in [0.5, 0.6) is 0 Å². The SMILES string of the molecule is O=C(NCCc1ccccn1)c1cc2c(Br)cccc2o1. The van der Waals surface area contributed by atoms with Gasteiger partial charge in [-0.15, -0.1) is 0 Å². The first-order valence-corrected chi connectivity index (χ1v) is 7.39. The van der Waals surface area contributed by atoms with Crippen LogP contribution in [0.15, 0.2) is 57.6 Å². The molecule has 4 nitrogen and oxygen atoms in total. The van der Waals surface area contributed by atoms with Gasteiger partial charge in [0.2, 0.25) is 0 Å². The second-order valence-electron chi connectivity index (χ2n) is 4.59. The molecule has 0 aliphatic rings. The van der Waals surface area contributed by atoms with Crippen LogP contribution in [0.1, 0.15) is 16.2 Å². The summed E-state index contributed by atoms with van der Waals surface area (Å²) in [5.74, 6) is 0.104. The second kappa shape index (κ2) is 6.10. The Hall–Kier alpha value is -2.14. The third-order valence-corrected chi connectivity index (χ3v) is 3.82. The van der Waals surface area contributed by atoms with Crippen LogP contribution in [0.3, 0.4) is 0 Å². The standard InChI is InChI=1S/C16H13BrN2O2/c17-13-5-3-6-14-12(13)10-15(21-14)16(20)19-9-7-11-4-1-2-8-18-11/h1-6,8,10H,7,9H2,(H,19,20). The molecule has 0 atom stereocenters. The van der Waals surface area contributed by atoms with Gasteiger partial charge < -0.3 is 9.73 Å². The predicted octanol–water partition coefficient (Wildman–Crippen LogP) is 3.56. The number of nitrogens with one attached hydrogen (secondary N) is 1. The number of carbonyl (C=O) groups is 1. The van der Waals surface area contributed by atoms with E-state index < -0.39 is 0 Å². The Labute approximate surface area is 130 Å². The van der Waals surface area contributed by atoms with E-state index in [1.165, 1.54) is 0 Å². The van der Waals surface area contributed by atoms with Crippen molar-refractivity contribution in [1.29, 1.82) is 0 Å². The Balaban J connectivity index is 1.65. The van der Waals surface area contributed by atoms with Crippen LogP contribution in [-0.4, -0.2) is 17.4 Å². The molecule has 1 aromatic carbocycles. The molecular weight excluding hydrogens is 332 g/mol. The zero-order chi connectivity index (χ0) is 14.7. The summed E-state index contributed by atoms with van der Waals surface area (Å²) in [6, 6.07) is 13.1. The molecule has 2 aromatic heterocycles. The molecule has 3 rings (SSSR count). The third-order valence-electron chi connectivity index (χ3n) is 3.12. The molecule has 0 aliphatic carbocycles. The van der Waals surface area contributed by atoms with E-state index in [0.717, 1.165) is 15.6 Å². The number of hydrogen-bond acceptors (Lipinski definition) is 3. The number of amides is 1. The number of aromatic nitrogens is 1. The minimum atomic E-state index is -0.214. The van der Waals surface area contributed by atoms with E-state index in [4.69, 9.17) is 4.42 Å². The quantitative estimate of drug-likeness (QED) is 0.787. The summed E-state index contributed by atoms with van der Waals surface area (Å²) in [5, 5.41) is 3.74. The Morgan fingerprint density at radius 2 is 2.14 bits per heavy atom. The maximum atomic E-state index is 12.1. The zero-order valence-corrected chi connectivity index (χ0v) is 12.8.